The van der Waals surface area contributed by atoms with Crippen LogP contribution in [0.4, 0.5) is 11.4 Å². The van der Waals surface area contributed by atoms with Crippen molar-refractivity contribution in [3.8, 4) is 16.8 Å². The highest BCUT2D eigenvalue weighted by Crippen LogP contribution is 2.48. The third kappa shape index (κ3) is 19.9. The summed E-state index contributed by atoms with van der Waals surface area (Å²) in [5, 5.41) is 42.0. The summed E-state index contributed by atoms with van der Waals surface area (Å²) in [6.45, 7) is 8.28. The fourth-order valence-electron chi connectivity index (χ4n) is 18.2. The van der Waals surface area contributed by atoms with Gasteiger partial charge in [-0.25, -0.2) is 0 Å². The van der Waals surface area contributed by atoms with Gasteiger partial charge in [0.25, 0.3) is 11.4 Å². The monoisotopic (exact) mass is 2400 g/mol. The summed E-state index contributed by atoms with van der Waals surface area (Å²) in [5.74, 6) is 0. The number of nitro groups is 2. The van der Waals surface area contributed by atoms with Crippen LogP contribution in [0.15, 0.2) is 474 Å². The van der Waals surface area contributed by atoms with Gasteiger partial charge in [0, 0.05) is 109 Å². The molecule has 0 spiro atoms. The molecule has 1 aliphatic rings. The van der Waals surface area contributed by atoms with Gasteiger partial charge in [0.15, 0.2) is 0 Å². The number of hydrogen-bond donors (Lipinski definition) is 1. The summed E-state index contributed by atoms with van der Waals surface area (Å²) in [6.07, 6.45) is 0. The van der Waals surface area contributed by atoms with Crippen LogP contribution in [0.25, 0.3) is 170 Å². The van der Waals surface area contributed by atoms with Crippen molar-refractivity contribution >= 4 is 319 Å². The van der Waals surface area contributed by atoms with E-state index in [2.05, 4.69) is 380 Å². The molecule has 7 aromatic heterocycles. The number of nitro benzene ring substituents is 2. The lowest BCUT2D eigenvalue weighted by atomic mass is 9.76. The van der Waals surface area contributed by atoms with E-state index in [0.717, 1.165) is 135 Å². The number of benzene rings is 19. The summed E-state index contributed by atoms with van der Waals surface area (Å²) >= 11 is 22.7. The first-order chi connectivity index (χ1) is 70.0. The molecule has 706 valence electrons. The summed E-state index contributed by atoms with van der Waals surface area (Å²) in [7, 11) is -0.826. The van der Waals surface area contributed by atoms with E-state index >= 15 is 0 Å². The van der Waals surface area contributed by atoms with E-state index in [1.54, 1.807) is 36.4 Å². The number of para-hydroxylation sites is 10. The van der Waals surface area contributed by atoms with Gasteiger partial charge >= 0.3 is 7.12 Å². The number of H-pyrrole nitrogens is 1. The minimum Gasteiger partial charge on any atom is -0.456 e. The lowest BCUT2D eigenvalue weighted by Gasteiger charge is -2.32. The SMILES string of the molecule is Brc1cccc2c1[nH]c1ccc3oc4ccccc4c3c12.Brc1cccc2c3c4c(ccc3n(-c3ccccc3)c12)oc1ccccc14.Brc1cccc2oc3ccccc3c12.CC1(C)OB(c2cccc3oc4ccccc4c23)OC1(C)C.Ic1ccccc1.O=[N+]([O-])c1c(Br)cccc1-c1cccc2oc3ccccc3c12.O=[N+]([O-])c1c(Br)cccc1Br.c1ccc(P(c2ccccc2)c2ccccc2)cc1. The number of rotatable bonds is 8. The van der Waals surface area contributed by atoms with E-state index in [9.17, 15) is 20.2 Å². The highest BCUT2D eigenvalue weighted by molar-refractivity contribution is 14.1. The van der Waals surface area contributed by atoms with Crippen LogP contribution in [-0.2, 0) is 9.31 Å². The van der Waals surface area contributed by atoms with Crippen molar-refractivity contribution in [2.24, 2.45) is 0 Å². The summed E-state index contributed by atoms with van der Waals surface area (Å²) in [4.78, 5) is 24.6. The zero-order valence-corrected chi connectivity index (χ0v) is 90.0. The van der Waals surface area contributed by atoms with Gasteiger partial charge in [-0.1, -0.05) is 301 Å². The standard InChI is InChI=1S/C24H14BrNO.C18H19BO3.C18H10BrNO3.C18H10BrNO.C18H15P.C12H7BrO.C6H3Br2NO2.C6H5I/c25-18-11-6-10-17-22-19(26(24(17)18)15-7-2-1-3-8-15)13-14-21-23(22)16-9-4-5-12-20(16)27-21;1-17(2)18(3,4)22-19(21-17)13-9-7-11-15-16(13)12-8-5-6-10-14(12)20-15;19-14-8-3-7-12(18(14)20(21)22)11-6-4-10-16-17(11)13-5-1-2-9-15(13)23-16;19-12-6-3-5-11-16-13(20-18(11)12)8-9-15-17(16)10-4-1-2-7-14(10)21-15;1-4-10-16(11-5-1)19(17-12-6-2-7-13-17)18-14-8-3-9-15-18;13-9-5-3-7-11-12(9)8-4-1-2-6-10(8)14-11;7-4-2-1-3-5(8)6(4)9(10)11;7-6-4-2-1-3-5-6/h1-14H;5-11H,1-4H3;1-10H;1-9,20H;1-15H;1-7H;1-3H;1-5H. The normalized spacial score (nSPS) is 12.5. The second kappa shape index (κ2) is 42.9. The van der Waals surface area contributed by atoms with E-state index in [1.807, 2.05) is 164 Å². The molecule has 144 heavy (non-hydrogen) atoms. The first-order valence-corrected chi connectivity index (χ1v) is 53.2. The van der Waals surface area contributed by atoms with Gasteiger partial charge < -0.3 is 40.9 Å². The maximum atomic E-state index is 11.5. The Kier molecular flexibility index (Phi) is 29.2. The van der Waals surface area contributed by atoms with E-state index in [-0.39, 0.29) is 34.6 Å². The lowest BCUT2D eigenvalue weighted by molar-refractivity contribution is -0.386. The molecule has 0 radical (unpaired) electrons. The van der Waals surface area contributed by atoms with E-state index in [4.69, 9.17) is 31.4 Å². The number of nitrogens with zero attached hydrogens (tertiary/aromatic N) is 3. The quantitative estimate of drug-likeness (QED) is 0.0501. The van der Waals surface area contributed by atoms with Crippen molar-refractivity contribution in [2.45, 2.75) is 38.9 Å². The van der Waals surface area contributed by atoms with Crippen LogP contribution in [0.2, 0.25) is 0 Å². The number of nitrogens with one attached hydrogen (secondary N) is 1. The van der Waals surface area contributed by atoms with Crippen molar-refractivity contribution in [1.29, 1.82) is 0 Å². The van der Waals surface area contributed by atoms with Gasteiger partial charge in [-0.2, -0.15) is 0 Å². The molecule has 27 rings (SSSR count). The Balaban J connectivity index is 0.000000103. The van der Waals surface area contributed by atoms with Gasteiger partial charge in [0.05, 0.1) is 56.6 Å². The first kappa shape index (κ1) is 98.0. The highest BCUT2D eigenvalue weighted by Gasteiger charge is 2.52. The van der Waals surface area contributed by atoms with Crippen molar-refractivity contribution in [3.05, 3.63) is 475 Å². The molecule has 24 heteroatoms. The van der Waals surface area contributed by atoms with Crippen LogP contribution in [0.5, 0.6) is 0 Å². The summed E-state index contributed by atoms with van der Waals surface area (Å²) < 4.78 is 50.4. The fraction of sp³-hybridized carbons (Fsp3) is 0.0500. The molecule has 19 aromatic carbocycles. The molecule has 0 saturated carbocycles. The molecule has 0 bridgehead atoms. The van der Waals surface area contributed by atoms with Crippen molar-refractivity contribution in [2.75, 3.05) is 0 Å². The maximum absolute atomic E-state index is 11.5. The van der Waals surface area contributed by atoms with Crippen molar-refractivity contribution < 1.29 is 41.2 Å². The Hall–Kier alpha value is -13.4. The minimum absolute atomic E-state index is 0.0604. The Morgan fingerprint density at radius 3 is 1.12 bits per heavy atom. The zero-order chi connectivity index (χ0) is 99.4. The molecule has 0 aliphatic carbocycles. The van der Waals surface area contributed by atoms with Crippen molar-refractivity contribution in [3.63, 3.8) is 0 Å². The number of aromatic nitrogens is 2. The van der Waals surface area contributed by atoms with Gasteiger partial charge in [-0.15, -0.1) is 0 Å². The Bertz CT molecular complexity index is 9130. The van der Waals surface area contributed by atoms with Crippen LogP contribution >= 0.6 is 126 Å². The molecule has 1 fully saturated rings. The lowest BCUT2D eigenvalue weighted by Crippen LogP contribution is -2.41. The molecule has 1 aliphatic heterocycles. The van der Waals surface area contributed by atoms with E-state index < -0.39 is 12.8 Å². The van der Waals surface area contributed by atoms with Gasteiger partial charge in [-0.05, 0) is 299 Å². The number of hydrogen-bond acceptors (Lipinski definition) is 11. The summed E-state index contributed by atoms with van der Waals surface area (Å²) in [5.41, 5.74) is 16.4. The van der Waals surface area contributed by atoms with Gasteiger partial charge in [0.2, 0.25) is 0 Å². The second-order valence-corrected chi connectivity index (χ2v) is 43.3. The smallest absolute Gasteiger partial charge is 0.456 e. The number of halogens is 7. The summed E-state index contributed by atoms with van der Waals surface area (Å²) in [6, 6.07) is 142. The largest absolute Gasteiger partial charge is 0.495 e. The molecule has 0 atom stereocenters. The van der Waals surface area contributed by atoms with E-state index in [1.165, 1.54) is 68.2 Å². The van der Waals surface area contributed by atoms with Gasteiger partial charge in [0.1, 0.15) is 55.8 Å². The Morgan fingerprint density at radius 2 is 0.639 bits per heavy atom. The molecule has 1 N–H and O–H groups in total. The second-order valence-electron chi connectivity index (χ2n) is 34.7. The predicted octanol–water partition coefficient (Wildman–Crippen LogP) is 36.4. The maximum Gasteiger partial charge on any atom is 0.495 e. The van der Waals surface area contributed by atoms with Gasteiger partial charge in [-0.3, -0.25) is 20.2 Å². The van der Waals surface area contributed by atoms with Crippen LogP contribution < -0.4 is 21.4 Å². The Morgan fingerprint density at radius 1 is 0.299 bits per heavy atom. The molecule has 1 saturated heterocycles. The molecule has 0 unspecified atom stereocenters. The van der Waals surface area contributed by atoms with Crippen LogP contribution in [0, 0.1) is 23.8 Å². The Labute approximate surface area is 892 Å². The highest BCUT2D eigenvalue weighted by atomic mass is 127. The zero-order valence-electron chi connectivity index (χ0n) is 77.4. The fourth-order valence-corrected chi connectivity index (χ4v) is 24.3. The van der Waals surface area contributed by atoms with Crippen LogP contribution in [0.3, 0.4) is 0 Å². The molecule has 0 amide bonds. The number of fused-ring (bicyclic) bond motifs is 23. The number of furan rings is 5. The molecule has 15 nitrogen and oxygen atoms in total. The topological polar surface area (TPSA) is 191 Å². The average molecular weight is 2410 g/mol. The van der Waals surface area contributed by atoms with E-state index in [0.29, 0.717) is 19.0 Å². The van der Waals surface area contributed by atoms with Crippen LogP contribution in [-0.4, -0.2) is 37.7 Å². The molecular weight excluding hydrogens is 2320 g/mol. The van der Waals surface area contributed by atoms with Crippen LogP contribution in [0.1, 0.15) is 27.7 Å². The van der Waals surface area contributed by atoms with Crippen molar-refractivity contribution in [1.82, 2.24) is 9.55 Å². The third-order valence-electron chi connectivity index (χ3n) is 25.4. The minimum atomic E-state index is -0.446. The number of aromatic amines is 1. The average Bonchev–Trinajstić information content (AvgIpc) is 1.56. The molecular formula is C120H83BBr6IN4O11P. The molecule has 8 heterocycles. The predicted molar refractivity (Wildman–Crippen MR) is 624 cm³/mol. The first-order valence-electron chi connectivity index (χ1n) is 46.0. The third-order valence-corrected chi connectivity index (χ3v) is 32.4. The molecule has 26 aromatic rings.